The zero-order valence-electron chi connectivity index (χ0n) is 14.6. The fourth-order valence-electron chi connectivity index (χ4n) is 3.00. The first kappa shape index (κ1) is 16.1. The summed E-state index contributed by atoms with van der Waals surface area (Å²) < 4.78 is 0. The summed E-state index contributed by atoms with van der Waals surface area (Å²) in [5, 5.41) is 1.19. The highest BCUT2D eigenvalue weighted by Gasteiger charge is 2.07. The average Bonchev–Trinajstić information content (AvgIpc) is 2.68. The lowest BCUT2D eigenvalue weighted by Gasteiger charge is -2.13. The summed E-state index contributed by atoms with van der Waals surface area (Å²) in [6.45, 7) is 2.11. The van der Waals surface area contributed by atoms with Crippen molar-refractivity contribution in [3.63, 3.8) is 0 Å². The van der Waals surface area contributed by atoms with Crippen molar-refractivity contribution < 1.29 is 0 Å². The van der Waals surface area contributed by atoms with Gasteiger partial charge in [-0.15, -0.1) is 0 Å². The van der Waals surface area contributed by atoms with Crippen molar-refractivity contribution in [1.82, 2.24) is 9.97 Å². The van der Waals surface area contributed by atoms with Gasteiger partial charge in [-0.25, -0.2) is 4.98 Å². The predicted molar refractivity (Wildman–Crippen MR) is 107 cm³/mol. The van der Waals surface area contributed by atoms with E-state index >= 15 is 0 Å². The fraction of sp³-hybridized carbons (Fsp3) is 0.0909. The molecule has 0 atom stereocenters. The van der Waals surface area contributed by atoms with Gasteiger partial charge in [-0.05, 0) is 66.9 Å². The van der Waals surface area contributed by atoms with Crippen LogP contribution in [0.2, 0.25) is 0 Å². The van der Waals surface area contributed by atoms with Crippen LogP contribution >= 0.6 is 0 Å². The molecule has 0 aliphatic carbocycles. The number of pyridine rings is 2. The highest BCUT2D eigenvalue weighted by molar-refractivity contribution is 5.85. The van der Waals surface area contributed by atoms with Gasteiger partial charge in [-0.3, -0.25) is 15.8 Å². The number of anilines is 2. The summed E-state index contributed by atoms with van der Waals surface area (Å²) in [6, 6.07) is 22.6. The predicted octanol–water partition coefficient (Wildman–Crippen LogP) is 4.97. The van der Waals surface area contributed by atoms with Gasteiger partial charge < -0.3 is 0 Å². The van der Waals surface area contributed by atoms with Crippen molar-refractivity contribution in [2.24, 2.45) is 0 Å². The topological polar surface area (TPSA) is 49.8 Å². The first-order valence-corrected chi connectivity index (χ1v) is 8.64. The summed E-state index contributed by atoms with van der Waals surface area (Å²) in [6.07, 6.45) is 4.51. The van der Waals surface area contributed by atoms with E-state index in [1.807, 2.05) is 42.7 Å². The largest absolute Gasteiger partial charge is 0.300 e. The third-order valence-electron chi connectivity index (χ3n) is 4.30. The van der Waals surface area contributed by atoms with Gasteiger partial charge in [0.1, 0.15) is 5.82 Å². The van der Waals surface area contributed by atoms with Gasteiger partial charge in [0, 0.05) is 17.8 Å². The number of hydrogen-bond donors (Lipinski definition) is 2. The van der Waals surface area contributed by atoms with E-state index in [0.29, 0.717) is 0 Å². The van der Waals surface area contributed by atoms with E-state index in [2.05, 4.69) is 59.2 Å². The maximum absolute atomic E-state index is 4.75. The first-order valence-electron chi connectivity index (χ1n) is 8.64. The molecule has 4 heteroatoms. The highest BCUT2D eigenvalue weighted by Crippen LogP contribution is 2.24. The summed E-state index contributed by atoms with van der Waals surface area (Å²) in [4.78, 5) is 8.86. The number of fused-ring (bicyclic) bond motifs is 1. The summed E-state index contributed by atoms with van der Waals surface area (Å²) in [7, 11) is 0. The van der Waals surface area contributed by atoms with Crippen LogP contribution in [-0.4, -0.2) is 9.97 Å². The number of aryl methyl sites for hydroxylation is 1. The molecule has 2 N–H and O–H groups in total. The molecule has 0 spiro atoms. The zero-order chi connectivity index (χ0) is 17.8. The van der Waals surface area contributed by atoms with E-state index in [1.165, 1.54) is 22.1 Å². The van der Waals surface area contributed by atoms with Gasteiger partial charge in [0.25, 0.3) is 0 Å². The van der Waals surface area contributed by atoms with E-state index in [0.717, 1.165) is 23.4 Å². The molecule has 4 aromatic rings. The monoisotopic (exact) mass is 340 g/mol. The highest BCUT2D eigenvalue weighted by atomic mass is 15.4. The van der Waals surface area contributed by atoms with Gasteiger partial charge in [0.15, 0.2) is 0 Å². The van der Waals surface area contributed by atoms with Crippen molar-refractivity contribution >= 4 is 22.4 Å². The molecule has 4 rings (SSSR count). The first-order chi connectivity index (χ1) is 12.8. The van der Waals surface area contributed by atoms with Crippen molar-refractivity contribution in [2.45, 2.75) is 13.3 Å². The fourth-order valence-corrected chi connectivity index (χ4v) is 3.00. The molecule has 2 aromatic heterocycles. The van der Waals surface area contributed by atoms with Crippen molar-refractivity contribution in [1.29, 1.82) is 0 Å². The van der Waals surface area contributed by atoms with Crippen molar-refractivity contribution in [3.8, 4) is 0 Å². The van der Waals surface area contributed by atoms with Crippen LogP contribution < -0.4 is 10.9 Å². The maximum Gasteiger partial charge on any atom is 0.145 e. The second-order valence-corrected chi connectivity index (χ2v) is 6.34. The van der Waals surface area contributed by atoms with Gasteiger partial charge in [-0.2, -0.15) is 0 Å². The SMILES string of the molecule is Cc1ccc2nc(NNc3ccccc3)cc(Cc3ccncc3)c2c1. The lowest BCUT2D eigenvalue weighted by molar-refractivity contribution is 1.16. The minimum Gasteiger partial charge on any atom is -0.300 e. The molecule has 0 aliphatic heterocycles. The third kappa shape index (κ3) is 3.64. The molecule has 0 saturated carbocycles. The van der Waals surface area contributed by atoms with Crippen LogP contribution in [0.4, 0.5) is 11.5 Å². The smallest absolute Gasteiger partial charge is 0.145 e. The summed E-state index contributed by atoms with van der Waals surface area (Å²) >= 11 is 0. The molecule has 0 unspecified atom stereocenters. The summed E-state index contributed by atoms with van der Waals surface area (Å²) in [5.74, 6) is 0.800. The van der Waals surface area contributed by atoms with Crippen molar-refractivity contribution in [3.05, 3.63) is 95.8 Å². The Morgan fingerprint density at radius 3 is 2.46 bits per heavy atom. The van der Waals surface area contributed by atoms with Gasteiger partial charge in [0.2, 0.25) is 0 Å². The van der Waals surface area contributed by atoms with Gasteiger partial charge in [0.05, 0.1) is 11.2 Å². The van der Waals surface area contributed by atoms with Crippen LogP contribution in [0, 0.1) is 6.92 Å². The second-order valence-electron chi connectivity index (χ2n) is 6.34. The summed E-state index contributed by atoms with van der Waals surface area (Å²) in [5.41, 5.74) is 12.1. The quantitative estimate of drug-likeness (QED) is 0.504. The molecule has 2 heterocycles. The lowest BCUT2D eigenvalue weighted by Crippen LogP contribution is -2.10. The number of nitrogens with zero attached hydrogens (tertiary/aromatic N) is 2. The van der Waals surface area contributed by atoms with E-state index in [-0.39, 0.29) is 0 Å². The van der Waals surface area contributed by atoms with E-state index < -0.39 is 0 Å². The standard InChI is InChI=1S/C22H20N4/c1-16-7-8-21-20(13-16)18(14-17-9-11-23-12-10-17)15-22(24-21)26-25-19-5-3-2-4-6-19/h2-13,15,25H,14H2,1H3,(H,24,26). The van der Waals surface area contributed by atoms with Crippen LogP contribution in [0.3, 0.4) is 0 Å². The number of para-hydroxylation sites is 1. The molecule has 26 heavy (non-hydrogen) atoms. The second kappa shape index (κ2) is 7.23. The zero-order valence-corrected chi connectivity index (χ0v) is 14.6. The van der Waals surface area contributed by atoms with Gasteiger partial charge >= 0.3 is 0 Å². The Balaban J connectivity index is 1.69. The normalized spacial score (nSPS) is 10.7. The van der Waals surface area contributed by atoms with Gasteiger partial charge in [-0.1, -0.05) is 29.8 Å². The maximum atomic E-state index is 4.75. The average molecular weight is 340 g/mol. The Morgan fingerprint density at radius 1 is 0.846 bits per heavy atom. The number of nitrogens with one attached hydrogen (secondary N) is 2. The Bertz CT molecular complexity index is 1010. The number of aromatic nitrogens is 2. The third-order valence-corrected chi connectivity index (χ3v) is 4.30. The molecule has 0 radical (unpaired) electrons. The van der Waals surface area contributed by atoms with Crippen LogP contribution in [0.25, 0.3) is 10.9 Å². The number of benzene rings is 2. The minimum absolute atomic E-state index is 0.800. The molecule has 2 aromatic carbocycles. The lowest BCUT2D eigenvalue weighted by atomic mass is 10.0. The Morgan fingerprint density at radius 2 is 1.65 bits per heavy atom. The van der Waals surface area contributed by atoms with Crippen LogP contribution in [-0.2, 0) is 6.42 Å². The molecule has 0 fully saturated rings. The van der Waals surface area contributed by atoms with Crippen LogP contribution in [0.5, 0.6) is 0 Å². The van der Waals surface area contributed by atoms with E-state index in [4.69, 9.17) is 4.98 Å². The van der Waals surface area contributed by atoms with Crippen LogP contribution in [0.15, 0.2) is 79.1 Å². The molecular formula is C22H20N4. The Labute approximate surface area is 152 Å². The molecule has 128 valence electrons. The number of hydrogen-bond acceptors (Lipinski definition) is 4. The Hall–Kier alpha value is -3.40. The van der Waals surface area contributed by atoms with E-state index in [1.54, 1.807) is 0 Å². The molecular weight excluding hydrogens is 320 g/mol. The molecule has 4 nitrogen and oxygen atoms in total. The Kier molecular flexibility index (Phi) is 4.48. The number of hydrazine groups is 1. The minimum atomic E-state index is 0.800. The molecule has 0 saturated heterocycles. The number of rotatable bonds is 5. The van der Waals surface area contributed by atoms with Crippen molar-refractivity contribution in [2.75, 3.05) is 10.9 Å². The molecule has 0 aliphatic rings. The molecule has 0 bridgehead atoms. The van der Waals surface area contributed by atoms with E-state index in [9.17, 15) is 0 Å². The molecule has 0 amide bonds. The van der Waals surface area contributed by atoms with Crippen LogP contribution in [0.1, 0.15) is 16.7 Å².